The van der Waals surface area contributed by atoms with E-state index in [0.717, 1.165) is 0 Å². The molecule has 0 aliphatic carbocycles. The van der Waals surface area contributed by atoms with Crippen LogP contribution in [0, 0.1) is 0 Å². The van der Waals surface area contributed by atoms with Gasteiger partial charge in [0.05, 0.1) is 13.2 Å². The molecule has 26 heavy (non-hydrogen) atoms. The number of esters is 4. The normalized spacial score (nSPS) is 24.9. The Hall–Kier alpha value is -2.42. The summed E-state index contributed by atoms with van der Waals surface area (Å²) in [5.74, 6) is -2.50. The van der Waals surface area contributed by atoms with E-state index in [1.165, 1.54) is 20.8 Å². The Balaban J connectivity index is 3.04. The molecule has 0 unspecified atom stereocenters. The van der Waals surface area contributed by atoms with Gasteiger partial charge in [-0.05, 0) is 6.92 Å². The third kappa shape index (κ3) is 6.47. The van der Waals surface area contributed by atoms with Gasteiger partial charge in [-0.2, -0.15) is 0 Å². The zero-order valence-electron chi connectivity index (χ0n) is 15.3. The van der Waals surface area contributed by atoms with Gasteiger partial charge in [0.2, 0.25) is 0 Å². The molecule has 0 amide bonds. The van der Waals surface area contributed by atoms with Crippen LogP contribution in [0.25, 0.3) is 0 Å². The zero-order valence-corrected chi connectivity index (χ0v) is 15.3. The molecule has 0 radical (unpaired) electrons. The molecule has 1 saturated heterocycles. The first kappa shape index (κ1) is 21.6. The van der Waals surface area contributed by atoms with Crippen molar-refractivity contribution in [2.75, 3.05) is 13.2 Å². The number of rotatable bonds is 7. The first-order chi connectivity index (χ1) is 12.1. The molecule has 9 nitrogen and oxygen atoms in total. The van der Waals surface area contributed by atoms with Gasteiger partial charge in [-0.3, -0.25) is 14.4 Å². The first-order valence-electron chi connectivity index (χ1n) is 8.13. The lowest BCUT2D eigenvalue weighted by Gasteiger charge is -2.40. The molecule has 1 heterocycles. The highest BCUT2D eigenvalue weighted by atomic mass is 16.6. The average Bonchev–Trinajstić information content (AvgIpc) is 2.51. The lowest BCUT2D eigenvalue weighted by atomic mass is 9.94. The largest absolute Gasteiger partial charge is 0.463 e. The molecule has 0 aromatic carbocycles. The van der Waals surface area contributed by atoms with E-state index in [4.69, 9.17) is 23.7 Å². The number of ether oxygens (including phenoxy) is 5. The van der Waals surface area contributed by atoms with Crippen molar-refractivity contribution in [2.45, 2.75) is 58.5 Å². The second-order valence-corrected chi connectivity index (χ2v) is 5.70. The molecule has 0 N–H and O–H groups in total. The molecular weight excluding hydrogens is 348 g/mol. The summed E-state index contributed by atoms with van der Waals surface area (Å²) in [6.07, 6.45) is -3.95. The second-order valence-electron chi connectivity index (χ2n) is 5.70. The van der Waals surface area contributed by atoms with E-state index in [-0.39, 0.29) is 25.2 Å². The molecule has 146 valence electrons. The summed E-state index contributed by atoms with van der Waals surface area (Å²) in [6, 6.07) is 0. The number of hydrogen-bond donors (Lipinski definition) is 0. The van der Waals surface area contributed by atoms with Crippen LogP contribution < -0.4 is 0 Å². The van der Waals surface area contributed by atoms with Crippen LogP contribution in [-0.2, 0) is 42.9 Å². The maximum absolute atomic E-state index is 11.8. The van der Waals surface area contributed by atoms with E-state index in [0.29, 0.717) is 0 Å². The number of carbonyl (C=O) groups is 4. The van der Waals surface area contributed by atoms with Crippen LogP contribution in [0.3, 0.4) is 0 Å². The molecule has 0 aromatic rings. The molecule has 1 aliphatic rings. The van der Waals surface area contributed by atoms with Gasteiger partial charge in [-0.25, -0.2) is 4.79 Å². The molecule has 1 rings (SSSR count). The fraction of sp³-hybridized carbons (Fsp3) is 0.647. The Labute approximate surface area is 151 Å². The van der Waals surface area contributed by atoms with Crippen molar-refractivity contribution in [2.24, 2.45) is 0 Å². The zero-order chi connectivity index (χ0) is 19.9. The number of hydrogen-bond acceptors (Lipinski definition) is 9. The summed E-state index contributed by atoms with van der Waals surface area (Å²) in [5.41, 5.74) is 0.113. The van der Waals surface area contributed by atoms with Crippen molar-refractivity contribution in [3.05, 3.63) is 12.2 Å². The highest BCUT2D eigenvalue weighted by Gasteiger charge is 2.47. The van der Waals surface area contributed by atoms with E-state index < -0.39 is 48.3 Å². The fourth-order valence-electron chi connectivity index (χ4n) is 2.55. The molecule has 0 bridgehead atoms. The van der Waals surface area contributed by atoms with Crippen molar-refractivity contribution in [3.63, 3.8) is 0 Å². The predicted molar refractivity (Wildman–Crippen MR) is 86.8 cm³/mol. The lowest BCUT2D eigenvalue weighted by molar-refractivity contribution is -0.225. The van der Waals surface area contributed by atoms with Crippen LogP contribution >= 0.6 is 0 Å². The Kier molecular flexibility index (Phi) is 8.24. The number of carbonyl (C=O) groups excluding carboxylic acids is 4. The summed E-state index contributed by atoms with van der Waals surface area (Å²) in [5, 5.41) is 0. The van der Waals surface area contributed by atoms with E-state index in [2.05, 4.69) is 6.58 Å². The summed E-state index contributed by atoms with van der Waals surface area (Å²) < 4.78 is 26.0. The van der Waals surface area contributed by atoms with Gasteiger partial charge in [-0.1, -0.05) is 6.58 Å². The summed E-state index contributed by atoms with van der Waals surface area (Å²) in [4.78, 5) is 46.0. The average molecular weight is 372 g/mol. The van der Waals surface area contributed by atoms with Crippen LogP contribution in [0.2, 0.25) is 0 Å². The third-order valence-electron chi connectivity index (χ3n) is 3.46. The second kappa shape index (κ2) is 9.91. The monoisotopic (exact) mass is 372 g/mol. The Morgan fingerprint density at radius 3 is 2.00 bits per heavy atom. The smallest absolute Gasteiger partial charge is 0.333 e. The van der Waals surface area contributed by atoms with Crippen LogP contribution in [0.1, 0.15) is 34.1 Å². The molecule has 9 heteroatoms. The molecule has 0 aromatic heterocycles. The Morgan fingerprint density at radius 2 is 1.50 bits per heavy atom. The van der Waals surface area contributed by atoms with Crippen molar-refractivity contribution >= 4 is 23.9 Å². The van der Waals surface area contributed by atoms with E-state index in [1.54, 1.807) is 6.92 Å². The minimum atomic E-state index is -1.08. The third-order valence-corrected chi connectivity index (χ3v) is 3.46. The van der Waals surface area contributed by atoms with E-state index in [9.17, 15) is 19.2 Å². The highest BCUT2D eigenvalue weighted by molar-refractivity contribution is 5.87. The minimum Gasteiger partial charge on any atom is -0.463 e. The van der Waals surface area contributed by atoms with Crippen LogP contribution in [0.4, 0.5) is 0 Å². The van der Waals surface area contributed by atoms with Gasteiger partial charge >= 0.3 is 23.9 Å². The SMILES string of the molecule is C=C(C[C@H]1OC[C@@H](OC(C)=O)[C@@H](OC(C)=O)[C@@H]1OC(C)=O)C(=O)OCC. The van der Waals surface area contributed by atoms with Gasteiger partial charge < -0.3 is 23.7 Å². The standard InChI is InChI=1S/C17H24O9/c1-6-22-17(21)9(2)7-13-15(25-11(4)19)16(26-12(5)20)14(8-23-13)24-10(3)18/h13-16H,2,6-8H2,1,3-5H3/t13-,14-,15-,16-/m1/s1. The van der Waals surface area contributed by atoms with Crippen molar-refractivity contribution in [1.82, 2.24) is 0 Å². The van der Waals surface area contributed by atoms with Crippen molar-refractivity contribution in [1.29, 1.82) is 0 Å². The van der Waals surface area contributed by atoms with E-state index in [1.807, 2.05) is 0 Å². The lowest BCUT2D eigenvalue weighted by Crippen LogP contribution is -2.57. The van der Waals surface area contributed by atoms with Gasteiger partial charge in [0, 0.05) is 32.8 Å². The predicted octanol–water partition coefficient (Wildman–Crippen LogP) is 0.690. The summed E-state index contributed by atoms with van der Waals surface area (Å²) in [7, 11) is 0. The Morgan fingerprint density at radius 1 is 0.962 bits per heavy atom. The van der Waals surface area contributed by atoms with Crippen LogP contribution in [0.15, 0.2) is 12.2 Å². The van der Waals surface area contributed by atoms with Crippen molar-refractivity contribution < 1.29 is 42.9 Å². The molecule has 4 atom stereocenters. The quantitative estimate of drug-likeness (QED) is 0.361. The summed E-state index contributed by atoms with van der Waals surface area (Å²) >= 11 is 0. The fourth-order valence-corrected chi connectivity index (χ4v) is 2.55. The maximum atomic E-state index is 11.8. The summed E-state index contributed by atoms with van der Waals surface area (Å²) in [6.45, 7) is 8.94. The molecular formula is C17H24O9. The van der Waals surface area contributed by atoms with Crippen LogP contribution in [-0.4, -0.2) is 61.5 Å². The van der Waals surface area contributed by atoms with Gasteiger partial charge in [0.25, 0.3) is 0 Å². The van der Waals surface area contributed by atoms with E-state index >= 15 is 0 Å². The maximum Gasteiger partial charge on any atom is 0.333 e. The minimum absolute atomic E-state index is 0.0126. The molecule has 1 fully saturated rings. The molecule has 0 saturated carbocycles. The van der Waals surface area contributed by atoms with Gasteiger partial charge in [0.15, 0.2) is 18.3 Å². The van der Waals surface area contributed by atoms with Crippen molar-refractivity contribution in [3.8, 4) is 0 Å². The first-order valence-corrected chi connectivity index (χ1v) is 8.13. The molecule has 0 spiro atoms. The topological polar surface area (TPSA) is 114 Å². The van der Waals surface area contributed by atoms with Crippen LogP contribution in [0.5, 0.6) is 0 Å². The van der Waals surface area contributed by atoms with Gasteiger partial charge in [-0.15, -0.1) is 0 Å². The highest BCUT2D eigenvalue weighted by Crippen LogP contribution is 2.28. The van der Waals surface area contributed by atoms with Gasteiger partial charge in [0.1, 0.15) is 6.10 Å². The molecule has 1 aliphatic heterocycles. The Bertz CT molecular complexity index is 569.